The van der Waals surface area contributed by atoms with Crippen molar-refractivity contribution in [1.82, 2.24) is 20.2 Å². The number of nitrogen functional groups attached to an aromatic ring is 1. The number of aromatic nitrogens is 4. The molecule has 106 valence electrons. The smallest absolute Gasteiger partial charge is 0.182 e. The summed E-state index contributed by atoms with van der Waals surface area (Å²) in [6.45, 7) is 4.33. The molecule has 3 rings (SSSR count). The first-order valence-electron chi connectivity index (χ1n) is 7.29. The first-order chi connectivity index (χ1) is 9.65. The van der Waals surface area contributed by atoms with Crippen LogP contribution in [0, 0.1) is 12.8 Å². The van der Waals surface area contributed by atoms with Crippen LogP contribution >= 0.6 is 0 Å². The predicted molar refractivity (Wildman–Crippen MR) is 79.1 cm³/mol. The molecule has 5 heteroatoms. The van der Waals surface area contributed by atoms with Crippen LogP contribution in [-0.4, -0.2) is 20.2 Å². The molecule has 1 fully saturated rings. The summed E-state index contributed by atoms with van der Waals surface area (Å²) < 4.78 is 2.00. The molecule has 0 aliphatic heterocycles. The number of nitrogens with two attached hydrogens (primary N) is 1. The van der Waals surface area contributed by atoms with Gasteiger partial charge < -0.3 is 5.73 Å². The van der Waals surface area contributed by atoms with Crippen molar-refractivity contribution >= 4 is 5.69 Å². The van der Waals surface area contributed by atoms with Crippen molar-refractivity contribution in [2.75, 3.05) is 5.73 Å². The molecule has 1 aromatic carbocycles. The Morgan fingerprint density at radius 3 is 2.65 bits per heavy atom. The highest BCUT2D eigenvalue weighted by Gasteiger charge is 2.23. The summed E-state index contributed by atoms with van der Waals surface area (Å²) in [5.74, 6) is 1.68. The van der Waals surface area contributed by atoms with Crippen molar-refractivity contribution in [1.29, 1.82) is 0 Å². The lowest BCUT2D eigenvalue weighted by Crippen LogP contribution is -2.18. The molecule has 1 saturated carbocycles. The Bertz CT molecular complexity index is 596. The molecule has 0 atom stereocenters. The van der Waals surface area contributed by atoms with Crippen LogP contribution < -0.4 is 5.73 Å². The summed E-state index contributed by atoms with van der Waals surface area (Å²) in [7, 11) is 0. The lowest BCUT2D eigenvalue weighted by Gasteiger charge is -2.26. The van der Waals surface area contributed by atoms with Crippen molar-refractivity contribution in [2.24, 2.45) is 5.92 Å². The zero-order valence-corrected chi connectivity index (χ0v) is 12.1. The zero-order chi connectivity index (χ0) is 14.1. The number of aryl methyl sites for hydroxylation is 1. The van der Waals surface area contributed by atoms with Gasteiger partial charge in [0.15, 0.2) is 5.82 Å². The molecule has 5 nitrogen and oxygen atoms in total. The molecule has 1 aliphatic rings. The Morgan fingerprint density at radius 2 is 1.95 bits per heavy atom. The second kappa shape index (κ2) is 5.23. The third-order valence-electron chi connectivity index (χ3n) is 4.35. The number of hydrogen-bond acceptors (Lipinski definition) is 4. The van der Waals surface area contributed by atoms with Crippen LogP contribution in [0.3, 0.4) is 0 Å². The maximum absolute atomic E-state index is 5.88. The van der Waals surface area contributed by atoms with Crippen LogP contribution in [0.1, 0.15) is 44.2 Å². The van der Waals surface area contributed by atoms with E-state index in [4.69, 9.17) is 5.73 Å². The SMILES string of the molecule is Cc1cc(-c2nnnn2C2CCC(C)CC2)ccc1N. The molecule has 0 bridgehead atoms. The van der Waals surface area contributed by atoms with E-state index in [2.05, 4.69) is 28.5 Å². The number of anilines is 1. The second-order valence-electron chi connectivity index (χ2n) is 5.93. The molecule has 2 aromatic rings. The summed E-state index contributed by atoms with van der Waals surface area (Å²) in [6, 6.07) is 6.40. The predicted octanol–water partition coefficient (Wildman–Crippen LogP) is 2.98. The second-order valence-corrected chi connectivity index (χ2v) is 5.93. The minimum atomic E-state index is 0.425. The number of tetrazole rings is 1. The largest absolute Gasteiger partial charge is 0.399 e. The lowest BCUT2D eigenvalue weighted by atomic mass is 9.87. The fourth-order valence-electron chi connectivity index (χ4n) is 2.93. The van der Waals surface area contributed by atoms with E-state index in [9.17, 15) is 0 Å². The maximum atomic E-state index is 5.88. The van der Waals surface area contributed by atoms with Crippen molar-refractivity contribution in [3.63, 3.8) is 0 Å². The van der Waals surface area contributed by atoms with Gasteiger partial charge in [0.1, 0.15) is 0 Å². The third-order valence-corrected chi connectivity index (χ3v) is 4.35. The van der Waals surface area contributed by atoms with Crippen molar-refractivity contribution in [3.05, 3.63) is 23.8 Å². The van der Waals surface area contributed by atoms with Crippen molar-refractivity contribution < 1.29 is 0 Å². The van der Waals surface area contributed by atoms with E-state index < -0.39 is 0 Å². The standard InChI is InChI=1S/C15H21N5/c1-10-3-6-13(7-4-10)20-15(17-18-19-20)12-5-8-14(16)11(2)9-12/h5,8-10,13H,3-4,6-7,16H2,1-2H3. The van der Waals surface area contributed by atoms with Gasteiger partial charge in [0, 0.05) is 11.3 Å². The van der Waals surface area contributed by atoms with E-state index in [0.29, 0.717) is 6.04 Å². The number of hydrogen-bond donors (Lipinski definition) is 1. The molecule has 0 amide bonds. The lowest BCUT2D eigenvalue weighted by molar-refractivity contribution is 0.272. The molecule has 1 heterocycles. The highest BCUT2D eigenvalue weighted by atomic mass is 15.5. The topological polar surface area (TPSA) is 69.6 Å². The average Bonchev–Trinajstić information content (AvgIpc) is 2.92. The number of benzene rings is 1. The first-order valence-corrected chi connectivity index (χ1v) is 7.29. The number of nitrogens with zero attached hydrogens (tertiary/aromatic N) is 4. The molecule has 1 aromatic heterocycles. The van der Waals surface area contributed by atoms with Gasteiger partial charge in [-0.3, -0.25) is 0 Å². The van der Waals surface area contributed by atoms with E-state index >= 15 is 0 Å². The van der Waals surface area contributed by atoms with Gasteiger partial charge in [-0.05, 0) is 72.7 Å². The summed E-state index contributed by atoms with van der Waals surface area (Å²) in [6.07, 6.45) is 4.83. The van der Waals surface area contributed by atoms with E-state index in [0.717, 1.165) is 41.4 Å². The highest BCUT2D eigenvalue weighted by molar-refractivity contribution is 5.61. The Hall–Kier alpha value is -1.91. The van der Waals surface area contributed by atoms with Gasteiger partial charge >= 0.3 is 0 Å². The minimum Gasteiger partial charge on any atom is -0.399 e. The van der Waals surface area contributed by atoms with Crippen LogP contribution in [0.5, 0.6) is 0 Å². The normalized spacial score (nSPS) is 22.9. The summed E-state index contributed by atoms with van der Waals surface area (Å²) in [5, 5.41) is 12.3. The van der Waals surface area contributed by atoms with Gasteiger partial charge in [-0.1, -0.05) is 6.92 Å². The molecule has 0 unspecified atom stereocenters. The molecular weight excluding hydrogens is 250 g/mol. The summed E-state index contributed by atoms with van der Waals surface area (Å²) >= 11 is 0. The Morgan fingerprint density at radius 1 is 1.20 bits per heavy atom. The first kappa shape index (κ1) is 13.1. The van der Waals surface area contributed by atoms with Gasteiger partial charge in [0.25, 0.3) is 0 Å². The molecule has 2 N–H and O–H groups in total. The van der Waals surface area contributed by atoms with Gasteiger partial charge in [-0.2, -0.15) is 0 Å². The minimum absolute atomic E-state index is 0.425. The summed E-state index contributed by atoms with van der Waals surface area (Å²) in [5.41, 5.74) is 8.79. The van der Waals surface area contributed by atoms with Crippen LogP contribution in [0.15, 0.2) is 18.2 Å². The quantitative estimate of drug-likeness (QED) is 0.852. The molecule has 1 aliphatic carbocycles. The molecule has 0 saturated heterocycles. The average molecular weight is 271 g/mol. The Labute approximate surface area is 119 Å². The van der Waals surface area contributed by atoms with Crippen molar-refractivity contribution in [2.45, 2.75) is 45.6 Å². The monoisotopic (exact) mass is 271 g/mol. The van der Waals surface area contributed by atoms with Crippen LogP contribution in [0.2, 0.25) is 0 Å². The van der Waals surface area contributed by atoms with Crippen molar-refractivity contribution in [3.8, 4) is 11.4 Å². The van der Waals surface area contributed by atoms with E-state index in [1.807, 2.05) is 23.7 Å². The van der Waals surface area contributed by atoms with Gasteiger partial charge in [0.05, 0.1) is 6.04 Å². The molecular formula is C15H21N5. The van der Waals surface area contributed by atoms with Gasteiger partial charge in [-0.25, -0.2) is 4.68 Å². The highest BCUT2D eigenvalue weighted by Crippen LogP contribution is 2.33. The molecule has 0 radical (unpaired) electrons. The van der Waals surface area contributed by atoms with Crippen LogP contribution in [-0.2, 0) is 0 Å². The zero-order valence-electron chi connectivity index (χ0n) is 12.1. The van der Waals surface area contributed by atoms with E-state index in [1.54, 1.807) is 0 Å². The van der Waals surface area contributed by atoms with E-state index in [-0.39, 0.29) is 0 Å². The van der Waals surface area contributed by atoms with Gasteiger partial charge in [0.2, 0.25) is 0 Å². The third kappa shape index (κ3) is 2.40. The Kier molecular flexibility index (Phi) is 3.42. The molecule has 20 heavy (non-hydrogen) atoms. The Balaban J connectivity index is 1.91. The van der Waals surface area contributed by atoms with Gasteiger partial charge in [-0.15, -0.1) is 5.10 Å². The fourth-order valence-corrected chi connectivity index (χ4v) is 2.93. The number of rotatable bonds is 2. The summed E-state index contributed by atoms with van der Waals surface area (Å²) in [4.78, 5) is 0. The van der Waals surface area contributed by atoms with Crippen LogP contribution in [0.25, 0.3) is 11.4 Å². The fraction of sp³-hybridized carbons (Fsp3) is 0.533. The van der Waals surface area contributed by atoms with E-state index in [1.165, 1.54) is 12.8 Å². The van der Waals surface area contributed by atoms with Crippen LogP contribution in [0.4, 0.5) is 5.69 Å². The maximum Gasteiger partial charge on any atom is 0.182 e. The molecule has 0 spiro atoms.